The minimum atomic E-state index is 0.643. The Morgan fingerprint density at radius 3 is 2.67 bits per heavy atom. The summed E-state index contributed by atoms with van der Waals surface area (Å²) in [4.78, 5) is 0. The first-order valence-electron chi connectivity index (χ1n) is 5.67. The van der Waals surface area contributed by atoms with Gasteiger partial charge in [-0.2, -0.15) is 5.10 Å². The summed E-state index contributed by atoms with van der Waals surface area (Å²) in [7, 11) is 5.19. The zero-order valence-corrected chi connectivity index (χ0v) is 10.8. The highest BCUT2D eigenvalue weighted by atomic mass is 16.5. The van der Waals surface area contributed by atoms with Crippen LogP contribution in [0, 0.1) is 0 Å². The highest BCUT2D eigenvalue weighted by molar-refractivity contribution is 5.59. The molecule has 0 atom stereocenters. The van der Waals surface area contributed by atoms with E-state index >= 15 is 0 Å². The maximum Gasteiger partial charge on any atom is 0.142 e. The molecular formula is C13H17N3O2. The molecule has 1 aromatic heterocycles. The van der Waals surface area contributed by atoms with Crippen LogP contribution in [0.15, 0.2) is 30.5 Å². The maximum atomic E-state index is 5.29. The van der Waals surface area contributed by atoms with Crippen LogP contribution in [0.5, 0.6) is 11.5 Å². The quantitative estimate of drug-likeness (QED) is 0.878. The molecule has 2 rings (SSSR count). The largest absolute Gasteiger partial charge is 0.497 e. The normalized spacial score (nSPS) is 10.2. The monoisotopic (exact) mass is 247 g/mol. The number of hydrogen-bond acceptors (Lipinski definition) is 4. The van der Waals surface area contributed by atoms with Gasteiger partial charge in [-0.05, 0) is 18.2 Å². The third-order valence-corrected chi connectivity index (χ3v) is 2.64. The molecule has 0 radical (unpaired) electrons. The molecule has 0 unspecified atom stereocenters. The molecule has 0 aliphatic carbocycles. The minimum absolute atomic E-state index is 0.643. The van der Waals surface area contributed by atoms with E-state index in [1.165, 1.54) is 0 Å². The molecule has 5 heteroatoms. The van der Waals surface area contributed by atoms with Gasteiger partial charge in [-0.25, -0.2) is 0 Å². The fourth-order valence-electron chi connectivity index (χ4n) is 1.70. The molecule has 18 heavy (non-hydrogen) atoms. The van der Waals surface area contributed by atoms with Gasteiger partial charge < -0.3 is 14.8 Å². The Labute approximate surface area is 106 Å². The molecule has 0 aliphatic rings. The molecular weight excluding hydrogens is 230 g/mol. The van der Waals surface area contributed by atoms with E-state index in [1.807, 2.05) is 37.5 Å². The van der Waals surface area contributed by atoms with Crippen molar-refractivity contribution in [3.63, 3.8) is 0 Å². The van der Waals surface area contributed by atoms with Crippen LogP contribution in [0.4, 0.5) is 5.69 Å². The van der Waals surface area contributed by atoms with Gasteiger partial charge in [-0.1, -0.05) is 0 Å². The number of methoxy groups -OCH3 is 2. The predicted molar refractivity (Wildman–Crippen MR) is 70.1 cm³/mol. The number of aryl methyl sites for hydroxylation is 1. The van der Waals surface area contributed by atoms with Gasteiger partial charge in [0.05, 0.1) is 32.1 Å². The summed E-state index contributed by atoms with van der Waals surface area (Å²) in [5.74, 6) is 1.58. The van der Waals surface area contributed by atoms with E-state index in [-0.39, 0.29) is 0 Å². The summed E-state index contributed by atoms with van der Waals surface area (Å²) in [5, 5.41) is 7.59. The average Bonchev–Trinajstić information content (AvgIpc) is 2.81. The van der Waals surface area contributed by atoms with Crippen molar-refractivity contribution in [2.24, 2.45) is 7.05 Å². The van der Waals surface area contributed by atoms with Gasteiger partial charge in [0.1, 0.15) is 11.5 Å². The molecule has 0 bridgehead atoms. The van der Waals surface area contributed by atoms with Crippen LogP contribution in [0.2, 0.25) is 0 Å². The van der Waals surface area contributed by atoms with Gasteiger partial charge in [0.15, 0.2) is 0 Å². The standard InChI is InChI=1S/C13H17N3O2/c1-16-7-6-10(15-16)9-14-12-8-11(17-2)4-5-13(12)18-3/h4-8,14H,9H2,1-3H3. The highest BCUT2D eigenvalue weighted by Crippen LogP contribution is 2.29. The van der Waals surface area contributed by atoms with Crippen molar-refractivity contribution in [2.45, 2.75) is 6.54 Å². The van der Waals surface area contributed by atoms with E-state index in [9.17, 15) is 0 Å². The van der Waals surface area contributed by atoms with E-state index in [0.717, 1.165) is 22.9 Å². The van der Waals surface area contributed by atoms with Crippen LogP contribution in [0.1, 0.15) is 5.69 Å². The van der Waals surface area contributed by atoms with Gasteiger partial charge in [-0.3, -0.25) is 4.68 Å². The summed E-state index contributed by atoms with van der Waals surface area (Å²) in [6.45, 7) is 0.643. The Kier molecular flexibility index (Phi) is 3.72. The van der Waals surface area contributed by atoms with Gasteiger partial charge in [0, 0.05) is 19.3 Å². The molecule has 1 aromatic carbocycles. The number of rotatable bonds is 5. The lowest BCUT2D eigenvalue weighted by Gasteiger charge is -2.11. The van der Waals surface area contributed by atoms with Crippen molar-refractivity contribution < 1.29 is 9.47 Å². The van der Waals surface area contributed by atoms with E-state index in [1.54, 1.807) is 18.9 Å². The first-order chi connectivity index (χ1) is 8.72. The Balaban J connectivity index is 2.11. The fourth-order valence-corrected chi connectivity index (χ4v) is 1.70. The third kappa shape index (κ3) is 2.74. The first kappa shape index (κ1) is 12.3. The predicted octanol–water partition coefficient (Wildman–Crippen LogP) is 2.05. The summed E-state index contributed by atoms with van der Waals surface area (Å²) in [6.07, 6.45) is 1.92. The van der Waals surface area contributed by atoms with Crippen molar-refractivity contribution in [2.75, 3.05) is 19.5 Å². The van der Waals surface area contributed by atoms with Crippen LogP contribution in [-0.4, -0.2) is 24.0 Å². The van der Waals surface area contributed by atoms with Crippen molar-refractivity contribution >= 4 is 5.69 Å². The molecule has 0 spiro atoms. The number of nitrogens with one attached hydrogen (secondary N) is 1. The molecule has 2 aromatic rings. The van der Waals surface area contributed by atoms with Gasteiger partial charge >= 0.3 is 0 Å². The van der Waals surface area contributed by atoms with Crippen molar-refractivity contribution in [3.05, 3.63) is 36.2 Å². The lowest BCUT2D eigenvalue weighted by molar-refractivity contribution is 0.404. The molecule has 5 nitrogen and oxygen atoms in total. The third-order valence-electron chi connectivity index (χ3n) is 2.64. The number of benzene rings is 1. The Bertz CT molecular complexity index is 523. The molecule has 0 aliphatic heterocycles. The first-order valence-corrected chi connectivity index (χ1v) is 5.67. The maximum absolute atomic E-state index is 5.29. The molecule has 0 fully saturated rings. The van der Waals surface area contributed by atoms with Gasteiger partial charge in [-0.15, -0.1) is 0 Å². The van der Waals surface area contributed by atoms with Crippen LogP contribution in [-0.2, 0) is 13.6 Å². The van der Waals surface area contributed by atoms with E-state index in [0.29, 0.717) is 6.54 Å². The zero-order chi connectivity index (χ0) is 13.0. The fraction of sp³-hybridized carbons (Fsp3) is 0.308. The second-order valence-corrected chi connectivity index (χ2v) is 3.90. The Morgan fingerprint density at radius 1 is 1.22 bits per heavy atom. The van der Waals surface area contributed by atoms with Crippen LogP contribution >= 0.6 is 0 Å². The minimum Gasteiger partial charge on any atom is -0.497 e. The summed E-state index contributed by atoms with van der Waals surface area (Å²) in [6, 6.07) is 7.62. The van der Waals surface area contributed by atoms with E-state index in [2.05, 4.69) is 10.4 Å². The number of hydrogen-bond donors (Lipinski definition) is 1. The lowest BCUT2D eigenvalue weighted by Crippen LogP contribution is -2.03. The number of anilines is 1. The Hall–Kier alpha value is -2.17. The van der Waals surface area contributed by atoms with Crippen LogP contribution < -0.4 is 14.8 Å². The summed E-state index contributed by atoms with van der Waals surface area (Å²) < 4.78 is 12.3. The number of ether oxygens (including phenoxy) is 2. The van der Waals surface area contributed by atoms with Crippen LogP contribution in [0.3, 0.4) is 0 Å². The summed E-state index contributed by atoms with van der Waals surface area (Å²) >= 11 is 0. The smallest absolute Gasteiger partial charge is 0.142 e. The second kappa shape index (κ2) is 5.44. The molecule has 1 N–H and O–H groups in total. The molecule has 1 heterocycles. The molecule has 96 valence electrons. The molecule has 0 saturated heterocycles. The topological polar surface area (TPSA) is 48.3 Å². The van der Waals surface area contributed by atoms with Crippen molar-refractivity contribution in [3.8, 4) is 11.5 Å². The number of aromatic nitrogens is 2. The lowest BCUT2D eigenvalue weighted by atomic mass is 10.2. The van der Waals surface area contributed by atoms with E-state index in [4.69, 9.17) is 9.47 Å². The highest BCUT2D eigenvalue weighted by Gasteiger charge is 2.05. The van der Waals surface area contributed by atoms with Gasteiger partial charge in [0.2, 0.25) is 0 Å². The second-order valence-electron chi connectivity index (χ2n) is 3.90. The zero-order valence-electron chi connectivity index (χ0n) is 10.8. The number of nitrogens with zero attached hydrogens (tertiary/aromatic N) is 2. The van der Waals surface area contributed by atoms with Crippen molar-refractivity contribution in [1.82, 2.24) is 9.78 Å². The Morgan fingerprint density at radius 2 is 2.06 bits per heavy atom. The van der Waals surface area contributed by atoms with E-state index < -0.39 is 0 Å². The summed E-state index contributed by atoms with van der Waals surface area (Å²) in [5.41, 5.74) is 1.87. The average molecular weight is 247 g/mol. The van der Waals surface area contributed by atoms with Crippen LogP contribution in [0.25, 0.3) is 0 Å². The molecule has 0 amide bonds. The van der Waals surface area contributed by atoms with Gasteiger partial charge in [0.25, 0.3) is 0 Å². The SMILES string of the molecule is COc1ccc(OC)c(NCc2ccn(C)n2)c1. The van der Waals surface area contributed by atoms with Crippen molar-refractivity contribution in [1.29, 1.82) is 0 Å². The molecule has 0 saturated carbocycles.